The molecule has 1 N–H and O–H groups in total. The van der Waals surface area contributed by atoms with Gasteiger partial charge < -0.3 is 9.15 Å². The Kier molecular flexibility index (Phi) is 3.04. The first-order valence-corrected chi connectivity index (χ1v) is 5.49. The standard InChI is InChI=1S/C13H15NO3/c1-8(2)12-11(14-13(15)17-12)9-5-4-6-10(7-9)16-3/h4-8H,1-3H3,(H,14,15). The van der Waals surface area contributed by atoms with E-state index in [4.69, 9.17) is 9.15 Å². The summed E-state index contributed by atoms with van der Waals surface area (Å²) in [7, 11) is 1.61. The summed E-state index contributed by atoms with van der Waals surface area (Å²) in [6.07, 6.45) is 0. The van der Waals surface area contributed by atoms with Gasteiger partial charge in [-0.2, -0.15) is 0 Å². The van der Waals surface area contributed by atoms with Crippen molar-refractivity contribution in [1.82, 2.24) is 4.98 Å². The number of rotatable bonds is 3. The highest BCUT2D eigenvalue weighted by molar-refractivity contribution is 5.63. The largest absolute Gasteiger partial charge is 0.497 e. The lowest BCUT2D eigenvalue weighted by Crippen LogP contribution is -1.94. The van der Waals surface area contributed by atoms with Crippen molar-refractivity contribution in [3.63, 3.8) is 0 Å². The predicted octanol–water partition coefficient (Wildman–Crippen LogP) is 2.77. The summed E-state index contributed by atoms with van der Waals surface area (Å²) in [5.74, 6) is 1.14. The normalized spacial score (nSPS) is 10.8. The average Bonchev–Trinajstić information content (AvgIpc) is 2.72. The number of aromatic amines is 1. The Hall–Kier alpha value is -1.97. The Labute approximate surface area is 99.2 Å². The van der Waals surface area contributed by atoms with Crippen molar-refractivity contribution in [2.24, 2.45) is 0 Å². The molecule has 0 amide bonds. The fourth-order valence-electron chi connectivity index (χ4n) is 1.74. The zero-order valence-electron chi connectivity index (χ0n) is 10.1. The Bertz CT molecular complexity index is 566. The lowest BCUT2D eigenvalue weighted by atomic mass is 10.0. The minimum absolute atomic E-state index is 0.148. The van der Waals surface area contributed by atoms with Crippen molar-refractivity contribution in [2.75, 3.05) is 7.11 Å². The van der Waals surface area contributed by atoms with Crippen LogP contribution >= 0.6 is 0 Å². The number of benzene rings is 1. The number of hydrogen-bond donors (Lipinski definition) is 1. The highest BCUT2D eigenvalue weighted by Gasteiger charge is 2.15. The van der Waals surface area contributed by atoms with Crippen molar-refractivity contribution in [3.05, 3.63) is 40.6 Å². The molecule has 90 valence electrons. The highest BCUT2D eigenvalue weighted by atomic mass is 16.5. The fourth-order valence-corrected chi connectivity index (χ4v) is 1.74. The summed E-state index contributed by atoms with van der Waals surface area (Å²) in [6.45, 7) is 3.96. The van der Waals surface area contributed by atoms with Gasteiger partial charge in [0.15, 0.2) is 0 Å². The molecular weight excluding hydrogens is 218 g/mol. The van der Waals surface area contributed by atoms with Gasteiger partial charge in [-0.3, -0.25) is 4.98 Å². The molecule has 1 heterocycles. The Morgan fingerprint density at radius 1 is 1.35 bits per heavy atom. The van der Waals surface area contributed by atoms with Gasteiger partial charge in [-0.15, -0.1) is 0 Å². The van der Waals surface area contributed by atoms with Gasteiger partial charge in [-0.1, -0.05) is 26.0 Å². The summed E-state index contributed by atoms with van der Waals surface area (Å²) in [5.41, 5.74) is 1.61. The molecule has 1 aromatic carbocycles. The zero-order valence-corrected chi connectivity index (χ0v) is 10.1. The molecule has 0 saturated heterocycles. The second-order valence-corrected chi connectivity index (χ2v) is 4.14. The number of methoxy groups -OCH3 is 1. The molecule has 0 aliphatic carbocycles. The molecule has 0 aliphatic heterocycles. The number of ether oxygens (including phenoxy) is 1. The number of hydrogen-bond acceptors (Lipinski definition) is 3. The molecule has 0 aliphatic rings. The first kappa shape index (κ1) is 11.5. The lowest BCUT2D eigenvalue weighted by molar-refractivity contribution is 0.415. The first-order valence-electron chi connectivity index (χ1n) is 5.49. The summed E-state index contributed by atoms with van der Waals surface area (Å²) >= 11 is 0. The lowest BCUT2D eigenvalue weighted by Gasteiger charge is -2.06. The van der Waals surface area contributed by atoms with E-state index in [9.17, 15) is 4.79 Å². The van der Waals surface area contributed by atoms with E-state index in [1.165, 1.54) is 0 Å². The average molecular weight is 233 g/mol. The van der Waals surface area contributed by atoms with Crippen LogP contribution < -0.4 is 10.5 Å². The van der Waals surface area contributed by atoms with Gasteiger partial charge in [-0.05, 0) is 12.1 Å². The van der Waals surface area contributed by atoms with Crippen molar-refractivity contribution in [2.45, 2.75) is 19.8 Å². The predicted molar refractivity (Wildman–Crippen MR) is 65.4 cm³/mol. The second kappa shape index (κ2) is 4.49. The molecular formula is C13H15NO3. The zero-order chi connectivity index (χ0) is 12.4. The van der Waals surface area contributed by atoms with Crippen molar-refractivity contribution < 1.29 is 9.15 Å². The molecule has 2 rings (SSSR count). The Morgan fingerprint density at radius 2 is 2.12 bits per heavy atom. The third-order valence-electron chi connectivity index (χ3n) is 2.56. The molecule has 2 aromatic rings. The van der Waals surface area contributed by atoms with Gasteiger partial charge >= 0.3 is 5.76 Å². The smallest absolute Gasteiger partial charge is 0.416 e. The molecule has 0 bridgehead atoms. The summed E-state index contributed by atoms with van der Waals surface area (Å²) in [4.78, 5) is 14.0. The molecule has 17 heavy (non-hydrogen) atoms. The van der Waals surface area contributed by atoms with Crippen LogP contribution in [0.3, 0.4) is 0 Å². The maximum absolute atomic E-state index is 11.3. The van der Waals surface area contributed by atoms with Crippen LogP contribution in [0.5, 0.6) is 5.75 Å². The van der Waals surface area contributed by atoms with E-state index < -0.39 is 5.76 Å². The maximum atomic E-state index is 11.3. The summed E-state index contributed by atoms with van der Waals surface area (Å²) in [5, 5.41) is 0. The molecule has 0 atom stereocenters. The molecule has 0 saturated carbocycles. The monoisotopic (exact) mass is 233 g/mol. The second-order valence-electron chi connectivity index (χ2n) is 4.14. The van der Waals surface area contributed by atoms with Gasteiger partial charge in [0, 0.05) is 11.5 Å². The van der Waals surface area contributed by atoms with Crippen LogP contribution in [-0.4, -0.2) is 12.1 Å². The highest BCUT2D eigenvalue weighted by Crippen LogP contribution is 2.28. The van der Waals surface area contributed by atoms with Crippen LogP contribution in [0.4, 0.5) is 0 Å². The van der Waals surface area contributed by atoms with E-state index in [0.717, 1.165) is 17.0 Å². The number of oxazole rings is 1. The maximum Gasteiger partial charge on any atom is 0.416 e. The Morgan fingerprint density at radius 3 is 2.76 bits per heavy atom. The summed E-state index contributed by atoms with van der Waals surface area (Å²) < 4.78 is 10.3. The van der Waals surface area contributed by atoms with Crippen LogP contribution in [-0.2, 0) is 0 Å². The quantitative estimate of drug-likeness (QED) is 0.886. The van der Waals surface area contributed by atoms with E-state index in [1.54, 1.807) is 7.11 Å². The van der Waals surface area contributed by atoms with E-state index in [0.29, 0.717) is 5.76 Å². The molecule has 4 heteroatoms. The van der Waals surface area contributed by atoms with Gasteiger partial charge in [0.1, 0.15) is 11.5 Å². The van der Waals surface area contributed by atoms with Gasteiger partial charge in [0.05, 0.1) is 12.8 Å². The third-order valence-corrected chi connectivity index (χ3v) is 2.56. The van der Waals surface area contributed by atoms with Crippen molar-refractivity contribution in [1.29, 1.82) is 0 Å². The molecule has 4 nitrogen and oxygen atoms in total. The third kappa shape index (κ3) is 2.25. The first-order chi connectivity index (χ1) is 8.11. The molecule has 0 radical (unpaired) electrons. The summed E-state index contributed by atoms with van der Waals surface area (Å²) in [6, 6.07) is 7.52. The van der Waals surface area contributed by atoms with Crippen LogP contribution in [0.25, 0.3) is 11.3 Å². The van der Waals surface area contributed by atoms with Crippen LogP contribution in [0, 0.1) is 0 Å². The minimum Gasteiger partial charge on any atom is -0.497 e. The van der Waals surface area contributed by atoms with Crippen molar-refractivity contribution in [3.8, 4) is 17.0 Å². The van der Waals surface area contributed by atoms with E-state index in [-0.39, 0.29) is 5.92 Å². The van der Waals surface area contributed by atoms with Crippen molar-refractivity contribution >= 4 is 0 Å². The van der Waals surface area contributed by atoms with Gasteiger partial charge in [0.25, 0.3) is 0 Å². The number of aromatic nitrogens is 1. The van der Waals surface area contributed by atoms with E-state index in [2.05, 4.69) is 4.98 Å². The SMILES string of the molecule is COc1cccc(-c2[nH]c(=O)oc2C(C)C)c1. The minimum atomic E-state index is -0.425. The Balaban J connectivity index is 2.55. The number of nitrogens with one attached hydrogen (secondary N) is 1. The fraction of sp³-hybridized carbons (Fsp3) is 0.308. The topological polar surface area (TPSA) is 55.2 Å². The molecule has 0 spiro atoms. The van der Waals surface area contributed by atoms with Crippen LogP contribution in [0.1, 0.15) is 25.5 Å². The molecule has 1 aromatic heterocycles. The van der Waals surface area contributed by atoms with E-state index >= 15 is 0 Å². The van der Waals surface area contributed by atoms with Gasteiger partial charge in [-0.25, -0.2) is 4.79 Å². The number of H-pyrrole nitrogens is 1. The van der Waals surface area contributed by atoms with Gasteiger partial charge in [0.2, 0.25) is 0 Å². The molecule has 0 fully saturated rings. The molecule has 0 unspecified atom stereocenters. The van der Waals surface area contributed by atoms with E-state index in [1.807, 2.05) is 38.1 Å². The van der Waals surface area contributed by atoms with Crippen LogP contribution in [0.2, 0.25) is 0 Å². The van der Waals surface area contributed by atoms with Crippen LogP contribution in [0.15, 0.2) is 33.5 Å².